The van der Waals surface area contributed by atoms with Gasteiger partial charge in [0.15, 0.2) is 6.29 Å². The van der Waals surface area contributed by atoms with Gasteiger partial charge in [0.05, 0.1) is 17.7 Å². The summed E-state index contributed by atoms with van der Waals surface area (Å²) >= 11 is 0. The van der Waals surface area contributed by atoms with Gasteiger partial charge in [-0.05, 0) is 19.1 Å². The fourth-order valence-corrected chi connectivity index (χ4v) is 1.27. The zero-order valence-corrected chi connectivity index (χ0v) is 9.28. The molecule has 1 aromatic rings. The van der Waals surface area contributed by atoms with Crippen LogP contribution in [0.2, 0.25) is 0 Å². The van der Waals surface area contributed by atoms with E-state index in [0.29, 0.717) is 0 Å². The third kappa shape index (κ3) is 3.47. The van der Waals surface area contributed by atoms with Crippen LogP contribution in [0.3, 0.4) is 0 Å². The molecule has 1 rings (SSSR count). The van der Waals surface area contributed by atoms with E-state index in [-0.39, 0.29) is 18.5 Å². The molecule has 0 aromatic heterocycles. The van der Waals surface area contributed by atoms with E-state index in [1.807, 2.05) is 0 Å². The van der Waals surface area contributed by atoms with E-state index in [4.69, 9.17) is 0 Å². The highest BCUT2D eigenvalue weighted by Gasteiger charge is 2.33. The molecule has 98 valence electrons. The molecule has 7 heteroatoms. The number of alkyl halides is 3. The average molecular weight is 262 g/mol. The lowest BCUT2D eigenvalue weighted by molar-refractivity contribution is -0.274. The second kappa shape index (κ2) is 5.52. The molecule has 1 aromatic carbocycles. The molecule has 0 atom stereocenters. The Morgan fingerprint density at radius 3 is 2.56 bits per heavy atom. The molecule has 0 radical (unpaired) electrons. The Balaban J connectivity index is 3.18. The van der Waals surface area contributed by atoms with Gasteiger partial charge in [-0.2, -0.15) is 0 Å². The molecule has 0 aliphatic heterocycles. The first-order valence-electron chi connectivity index (χ1n) is 4.90. The van der Waals surface area contributed by atoms with Gasteiger partial charge >= 0.3 is 12.3 Å². The Morgan fingerprint density at radius 1 is 1.39 bits per heavy atom. The molecule has 0 fully saturated rings. The van der Waals surface area contributed by atoms with Crippen LogP contribution in [0, 0.1) is 0 Å². The highest BCUT2D eigenvalue weighted by atomic mass is 19.4. The Kier molecular flexibility index (Phi) is 4.30. The first kappa shape index (κ1) is 14.0. The molecular formula is C11H9F3O4. The molecule has 0 bridgehead atoms. The zero-order valence-electron chi connectivity index (χ0n) is 9.28. The van der Waals surface area contributed by atoms with Crippen LogP contribution < -0.4 is 4.74 Å². The van der Waals surface area contributed by atoms with E-state index in [1.54, 1.807) is 0 Å². The number of carbonyl (C=O) groups is 2. The Hall–Kier alpha value is -2.05. The molecule has 0 N–H and O–H groups in total. The lowest BCUT2D eigenvalue weighted by Crippen LogP contribution is -2.19. The van der Waals surface area contributed by atoms with Crippen molar-refractivity contribution >= 4 is 12.3 Å². The Labute approximate surface area is 100 Å². The minimum atomic E-state index is -4.94. The predicted molar refractivity (Wildman–Crippen MR) is 54.5 cm³/mol. The number of rotatable bonds is 4. The summed E-state index contributed by atoms with van der Waals surface area (Å²) in [5.41, 5.74) is -0.762. The van der Waals surface area contributed by atoms with Crippen molar-refractivity contribution in [3.05, 3.63) is 29.3 Å². The van der Waals surface area contributed by atoms with E-state index in [2.05, 4.69) is 9.47 Å². The maximum atomic E-state index is 12.1. The third-order valence-corrected chi connectivity index (χ3v) is 1.91. The van der Waals surface area contributed by atoms with Gasteiger partial charge in [0.25, 0.3) is 0 Å². The van der Waals surface area contributed by atoms with Crippen molar-refractivity contribution < 1.29 is 32.2 Å². The third-order valence-electron chi connectivity index (χ3n) is 1.91. The van der Waals surface area contributed by atoms with Crippen LogP contribution in [0.25, 0.3) is 0 Å². The van der Waals surface area contributed by atoms with Gasteiger partial charge in [-0.15, -0.1) is 13.2 Å². The molecule has 0 spiro atoms. The van der Waals surface area contributed by atoms with Crippen LogP contribution in [-0.2, 0) is 4.74 Å². The van der Waals surface area contributed by atoms with Crippen molar-refractivity contribution in [1.82, 2.24) is 0 Å². The molecule has 0 aliphatic carbocycles. The first-order chi connectivity index (χ1) is 8.39. The van der Waals surface area contributed by atoms with E-state index in [1.165, 1.54) is 19.1 Å². The minimum absolute atomic E-state index is 0.0431. The summed E-state index contributed by atoms with van der Waals surface area (Å²) in [6.07, 6.45) is -4.82. The van der Waals surface area contributed by atoms with Gasteiger partial charge in [-0.1, -0.05) is 6.07 Å². The highest BCUT2D eigenvalue weighted by Crippen LogP contribution is 2.27. The summed E-state index contributed by atoms with van der Waals surface area (Å²) in [6.45, 7) is 1.58. The van der Waals surface area contributed by atoms with Crippen LogP contribution in [0.5, 0.6) is 5.75 Å². The number of esters is 1. The quantitative estimate of drug-likeness (QED) is 0.618. The van der Waals surface area contributed by atoms with Crippen molar-refractivity contribution in [2.75, 3.05) is 6.61 Å². The van der Waals surface area contributed by atoms with E-state index >= 15 is 0 Å². The van der Waals surface area contributed by atoms with E-state index in [9.17, 15) is 22.8 Å². The molecule has 18 heavy (non-hydrogen) atoms. The number of hydrogen-bond donors (Lipinski definition) is 0. The average Bonchev–Trinajstić information content (AvgIpc) is 2.27. The molecule has 0 saturated heterocycles. The van der Waals surface area contributed by atoms with E-state index in [0.717, 1.165) is 6.07 Å². The predicted octanol–water partition coefficient (Wildman–Crippen LogP) is 2.57. The summed E-state index contributed by atoms with van der Waals surface area (Å²) < 4.78 is 44.5. The second-order valence-corrected chi connectivity index (χ2v) is 3.10. The maximum Gasteiger partial charge on any atom is 0.573 e. The lowest BCUT2D eigenvalue weighted by Gasteiger charge is -2.12. The standard InChI is InChI=1S/C11H9F3O4/c1-2-17-10(16)7-4-3-5-9(8(7)6-15)18-11(12,13)14/h3-6H,2H2,1H3. The van der Waals surface area contributed by atoms with Crippen molar-refractivity contribution in [2.24, 2.45) is 0 Å². The lowest BCUT2D eigenvalue weighted by atomic mass is 10.1. The molecule has 4 nitrogen and oxygen atoms in total. The van der Waals surface area contributed by atoms with Gasteiger partial charge in [-0.3, -0.25) is 4.79 Å². The van der Waals surface area contributed by atoms with Crippen LogP contribution in [0.4, 0.5) is 13.2 Å². The number of carbonyl (C=O) groups excluding carboxylic acids is 2. The summed E-state index contributed by atoms with van der Waals surface area (Å²) in [5.74, 6) is -1.62. The fourth-order valence-electron chi connectivity index (χ4n) is 1.27. The van der Waals surface area contributed by atoms with Crippen molar-refractivity contribution in [2.45, 2.75) is 13.3 Å². The number of benzene rings is 1. The van der Waals surface area contributed by atoms with Gasteiger partial charge in [-0.25, -0.2) is 4.79 Å². The van der Waals surface area contributed by atoms with Gasteiger partial charge < -0.3 is 9.47 Å². The Bertz CT molecular complexity index is 454. The molecule has 0 unspecified atom stereocenters. The molecule has 0 heterocycles. The van der Waals surface area contributed by atoms with Crippen molar-refractivity contribution in [3.63, 3.8) is 0 Å². The largest absolute Gasteiger partial charge is 0.573 e. The van der Waals surface area contributed by atoms with Gasteiger partial charge in [0, 0.05) is 0 Å². The monoisotopic (exact) mass is 262 g/mol. The van der Waals surface area contributed by atoms with Gasteiger partial charge in [0.1, 0.15) is 5.75 Å². The molecular weight excluding hydrogens is 253 g/mol. The summed E-state index contributed by atoms with van der Waals surface area (Å²) in [6, 6.07) is 3.30. The fraction of sp³-hybridized carbons (Fsp3) is 0.273. The first-order valence-corrected chi connectivity index (χ1v) is 4.90. The molecule has 0 amide bonds. The van der Waals surface area contributed by atoms with Crippen LogP contribution in [0.15, 0.2) is 18.2 Å². The van der Waals surface area contributed by atoms with Crippen LogP contribution >= 0.6 is 0 Å². The van der Waals surface area contributed by atoms with E-state index < -0.39 is 23.6 Å². The topological polar surface area (TPSA) is 52.6 Å². The van der Waals surface area contributed by atoms with Crippen molar-refractivity contribution in [1.29, 1.82) is 0 Å². The smallest absolute Gasteiger partial charge is 0.462 e. The highest BCUT2D eigenvalue weighted by molar-refractivity contribution is 6.00. The van der Waals surface area contributed by atoms with Crippen LogP contribution in [-0.4, -0.2) is 25.2 Å². The minimum Gasteiger partial charge on any atom is -0.462 e. The maximum absolute atomic E-state index is 12.1. The van der Waals surface area contributed by atoms with Gasteiger partial charge in [0.2, 0.25) is 0 Å². The normalized spacial score (nSPS) is 10.9. The number of aldehydes is 1. The summed E-state index contributed by atoms with van der Waals surface area (Å²) in [5, 5.41) is 0. The molecule has 0 aliphatic rings. The second-order valence-electron chi connectivity index (χ2n) is 3.10. The summed E-state index contributed by atoms with van der Waals surface area (Å²) in [7, 11) is 0. The summed E-state index contributed by atoms with van der Waals surface area (Å²) in [4.78, 5) is 22.2. The Morgan fingerprint density at radius 2 is 2.06 bits per heavy atom. The van der Waals surface area contributed by atoms with Crippen molar-refractivity contribution in [3.8, 4) is 5.75 Å². The number of halogens is 3. The molecule has 0 saturated carbocycles. The number of ether oxygens (including phenoxy) is 2. The SMILES string of the molecule is CCOC(=O)c1cccc(OC(F)(F)F)c1C=O. The van der Waals surface area contributed by atoms with Crippen LogP contribution in [0.1, 0.15) is 27.6 Å². The number of hydrogen-bond acceptors (Lipinski definition) is 4. The zero-order chi connectivity index (χ0) is 13.8.